The molecule has 0 saturated heterocycles. The highest BCUT2D eigenvalue weighted by Crippen LogP contribution is 2.42. The van der Waals surface area contributed by atoms with Gasteiger partial charge in [-0.1, -0.05) is 20.8 Å². The molecule has 1 rings (SSSR count). The Morgan fingerprint density at radius 1 is 1.11 bits per heavy atom. The molecule has 3 unspecified atom stereocenters. The molecule has 0 aromatic carbocycles. The van der Waals surface area contributed by atoms with E-state index in [4.69, 9.17) is 23.2 Å². The van der Waals surface area contributed by atoms with E-state index in [-0.39, 0.29) is 23.4 Å². The number of hydrogen-bond donors (Lipinski definition) is 4. The van der Waals surface area contributed by atoms with E-state index >= 15 is 0 Å². The smallest absolute Gasteiger partial charge is 0.329 e. The quantitative estimate of drug-likeness (QED) is 0.310. The number of hydrogen-bond acceptors (Lipinski definition) is 4. The van der Waals surface area contributed by atoms with E-state index in [9.17, 15) is 9.59 Å². The summed E-state index contributed by atoms with van der Waals surface area (Å²) in [6.07, 6.45) is 1.22. The fraction of sp³-hybridized carbons (Fsp3) is 0.818. The Labute approximate surface area is 113 Å². The molecular formula is C11H24N6O2. The number of urea groups is 2. The number of hydrazine groups is 2. The summed E-state index contributed by atoms with van der Waals surface area (Å²) in [5.41, 5.74) is 10.1. The highest BCUT2D eigenvalue weighted by molar-refractivity contribution is 5.72. The van der Waals surface area contributed by atoms with Crippen LogP contribution in [0.1, 0.15) is 33.6 Å². The third-order valence-corrected chi connectivity index (χ3v) is 3.95. The highest BCUT2D eigenvalue weighted by Gasteiger charge is 2.46. The van der Waals surface area contributed by atoms with Crippen LogP contribution in [-0.2, 0) is 0 Å². The number of carbonyl (C=O) groups excluding carboxylic acids is 2. The van der Waals surface area contributed by atoms with Gasteiger partial charge in [-0.15, -0.1) is 0 Å². The maximum absolute atomic E-state index is 11.3. The van der Waals surface area contributed by atoms with Gasteiger partial charge in [-0.2, -0.15) is 0 Å². The van der Waals surface area contributed by atoms with E-state index in [2.05, 4.69) is 0 Å². The SMILES string of the molecule is CC1CC(N(N)C(N)=O)CC(C)(C)C1N(N)C(N)=O. The second-order valence-corrected chi connectivity index (χ2v) is 6.00. The van der Waals surface area contributed by atoms with Crippen LogP contribution in [0.3, 0.4) is 0 Å². The number of carbonyl (C=O) groups is 2. The minimum absolute atomic E-state index is 0.0525. The van der Waals surface area contributed by atoms with Crippen LogP contribution in [0.25, 0.3) is 0 Å². The van der Waals surface area contributed by atoms with Gasteiger partial charge in [0.2, 0.25) is 0 Å². The van der Waals surface area contributed by atoms with Crippen LogP contribution >= 0.6 is 0 Å². The molecule has 19 heavy (non-hydrogen) atoms. The molecule has 110 valence electrons. The average molecular weight is 272 g/mol. The topological polar surface area (TPSA) is 145 Å². The number of primary amides is 2. The first-order valence-electron chi connectivity index (χ1n) is 6.24. The van der Waals surface area contributed by atoms with Crippen molar-refractivity contribution in [3.05, 3.63) is 0 Å². The number of rotatable bonds is 2. The van der Waals surface area contributed by atoms with Crippen LogP contribution in [0, 0.1) is 11.3 Å². The largest absolute Gasteiger partial charge is 0.350 e. The lowest BCUT2D eigenvalue weighted by Crippen LogP contribution is -2.63. The van der Waals surface area contributed by atoms with Crippen molar-refractivity contribution in [3.63, 3.8) is 0 Å². The van der Waals surface area contributed by atoms with E-state index < -0.39 is 12.1 Å². The minimum atomic E-state index is -0.664. The molecule has 8 nitrogen and oxygen atoms in total. The summed E-state index contributed by atoms with van der Waals surface area (Å²) in [5.74, 6) is 11.5. The summed E-state index contributed by atoms with van der Waals surface area (Å²) in [6, 6.07) is -1.70. The lowest BCUT2D eigenvalue weighted by molar-refractivity contribution is -0.00102. The standard InChI is InChI=1S/C11H24N6O2/c1-6-4-7(16(14)9(12)18)5-11(2,3)8(6)17(15)10(13)19/h6-8H,4-5,14-15H2,1-3H3,(H2,12,18)(H2,13,19). The molecule has 0 spiro atoms. The molecule has 1 fully saturated rings. The second kappa shape index (κ2) is 5.22. The zero-order valence-corrected chi connectivity index (χ0v) is 11.7. The summed E-state index contributed by atoms with van der Waals surface area (Å²) in [5, 5.41) is 2.13. The van der Waals surface area contributed by atoms with Crippen molar-refractivity contribution < 1.29 is 9.59 Å². The summed E-state index contributed by atoms with van der Waals surface area (Å²) in [7, 11) is 0. The predicted octanol–water partition coefficient (Wildman–Crippen LogP) is -0.311. The molecule has 1 aliphatic carbocycles. The first kappa shape index (κ1) is 15.5. The van der Waals surface area contributed by atoms with Crippen LogP contribution in [0.2, 0.25) is 0 Å². The van der Waals surface area contributed by atoms with Crippen molar-refractivity contribution in [3.8, 4) is 0 Å². The molecule has 0 bridgehead atoms. The van der Waals surface area contributed by atoms with Crippen LogP contribution in [-0.4, -0.2) is 34.2 Å². The van der Waals surface area contributed by atoms with Gasteiger partial charge in [0.1, 0.15) is 0 Å². The fourth-order valence-corrected chi connectivity index (χ4v) is 3.32. The van der Waals surface area contributed by atoms with Crippen molar-refractivity contribution in [2.45, 2.75) is 45.7 Å². The van der Waals surface area contributed by atoms with Gasteiger partial charge in [-0.3, -0.25) is 10.0 Å². The normalized spacial score (nSPS) is 29.6. The Morgan fingerprint density at radius 3 is 1.95 bits per heavy atom. The van der Waals surface area contributed by atoms with Crippen molar-refractivity contribution in [2.24, 2.45) is 34.5 Å². The number of amides is 4. The Morgan fingerprint density at radius 2 is 1.58 bits per heavy atom. The summed E-state index contributed by atoms with van der Waals surface area (Å²) < 4.78 is 0. The van der Waals surface area contributed by atoms with Gasteiger partial charge in [-0.05, 0) is 24.2 Å². The van der Waals surface area contributed by atoms with Gasteiger partial charge >= 0.3 is 12.1 Å². The van der Waals surface area contributed by atoms with E-state index in [1.54, 1.807) is 0 Å². The first-order chi connectivity index (χ1) is 8.58. The van der Waals surface area contributed by atoms with Crippen LogP contribution in [0.5, 0.6) is 0 Å². The number of nitrogens with zero attached hydrogens (tertiary/aromatic N) is 2. The molecule has 8 heteroatoms. The molecule has 8 N–H and O–H groups in total. The molecule has 1 saturated carbocycles. The Bertz CT molecular complexity index is 372. The third kappa shape index (κ3) is 3.07. The zero-order valence-electron chi connectivity index (χ0n) is 11.7. The van der Waals surface area contributed by atoms with E-state index in [0.717, 1.165) is 10.0 Å². The monoisotopic (exact) mass is 272 g/mol. The molecule has 3 atom stereocenters. The summed E-state index contributed by atoms with van der Waals surface area (Å²) >= 11 is 0. The Hall–Kier alpha value is -1.54. The van der Waals surface area contributed by atoms with Crippen molar-refractivity contribution >= 4 is 12.1 Å². The van der Waals surface area contributed by atoms with Gasteiger partial charge < -0.3 is 11.5 Å². The van der Waals surface area contributed by atoms with Gasteiger partial charge in [0, 0.05) is 0 Å². The maximum atomic E-state index is 11.3. The van der Waals surface area contributed by atoms with Gasteiger partial charge in [-0.25, -0.2) is 21.3 Å². The van der Waals surface area contributed by atoms with Crippen LogP contribution in [0.15, 0.2) is 0 Å². The van der Waals surface area contributed by atoms with Crippen LogP contribution in [0.4, 0.5) is 9.59 Å². The van der Waals surface area contributed by atoms with E-state index in [1.807, 2.05) is 20.8 Å². The summed E-state index contributed by atoms with van der Waals surface area (Å²) in [6.45, 7) is 5.89. The first-order valence-corrected chi connectivity index (χ1v) is 6.24. The van der Waals surface area contributed by atoms with Gasteiger partial charge in [0.05, 0.1) is 12.1 Å². The third-order valence-electron chi connectivity index (χ3n) is 3.95. The number of nitrogens with two attached hydrogens (primary N) is 4. The minimum Gasteiger partial charge on any atom is -0.350 e. The summed E-state index contributed by atoms with van der Waals surface area (Å²) in [4.78, 5) is 22.4. The lowest BCUT2D eigenvalue weighted by atomic mass is 9.66. The molecule has 0 heterocycles. The Kier molecular flexibility index (Phi) is 4.26. The molecule has 1 aliphatic rings. The molecule has 0 aliphatic heterocycles. The molecule has 4 amide bonds. The fourth-order valence-electron chi connectivity index (χ4n) is 3.32. The predicted molar refractivity (Wildman–Crippen MR) is 71.0 cm³/mol. The zero-order chi connectivity index (χ0) is 15.0. The highest BCUT2D eigenvalue weighted by atomic mass is 16.2. The lowest BCUT2D eigenvalue weighted by Gasteiger charge is -2.50. The van der Waals surface area contributed by atoms with Crippen molar-refractivity contribution in [1.82, 2.24) is 10.0 Å². The Balaban J connectivity index is 2.93. The maximum Gasteiger partial charge on any atom is 0.329 e. The van der Waals surface area contributed by atoms with E-state index in [1.165, 1.54) is 0 Å². The van der Waals surface area contributed by atoms with Gasteiger partial charge in [0.25, 0.3) is 0 Å². The molecule has 0 radical (unpaired) electrons. The van der Waals surface area contributed by atoms with Crippen LogP contribution < -0.4 is 23.2 Å². The second-order valence-electron chi connectivity index (χ2n) is 6.00. The molecule has 0 aromatic heterocycles. The van der Waals surface area contributed by atoms with Crippen molar-refractivity contribution in [1.29, 1.82) is 0 Å². The van der Waals surface area contributed by atoms with E-state index in [0.29, 0.717) is 12.8 Å². The molecule has 0 aromatic rings. The average Bonchev–Trinajstić information content (AvgIpc) is 2.25. The van der Waals surface area contributed by atoms with Crippen molar-refractivity contribution in [2.75, 3.05) is 0 Å². The van der Waals surface area contributed by atoms with Gasteiger partial charge in [0.15, 0.2) is 0 Å². The molecular weight excluding hydrogens is 248 g/mol.